The Hall–Kier alpha value is -3.92. The Morgan fingerprint density at radius 3 is 2.10 bits per heavy atom. The first kappa shape index (κ1) is 20.4. The predicted octanol–water partition coefficient (Wildman–Crippen LogP) is 6.78. The molecule has 0 aliphatic heterocycles. The lowest BCUT2D eigenvalue weighted by molar-refractivity contribution is 0.465. The van der Waals surface area contributed by atoms with E-state index in [2.05, 4.69) is 19.1 Å². The van der Waals surface area contributed by atoms with Crippen LogP contribution in [0.15, 0.2) is 97.1 Å². The van der Waals surface area contributed by atoms with E-state index in [9.17, 15) is 0 Å². The molecule has 156 valence electrons. The Labute approximate surface area is 183 Å². The highest BCUT2D eigenvalue weighted by atomic mass is 16.5. The third-order valence-electron chi connectivity index (χ3n) is 5.14. The van der Waals surface area contributed by atoms with Crippen molar-refractivity contribution in [2.45, 2.75) is 19.3 Å². The maximum absolute atomic E-state index is 6.16. The molecule has 0 bridgehead atoms. The molecular formula is C27H26N2O2. The molecule has 0 saturated carbocycles. The molecule has 4 aromatic rings. The summed E-state index contributed by atoms with van der Waals surface area (Å²) in [7, 11) is 0. The second-order valence-corrected chi connectivity index (χ2v) is 7.60. The van der Waals surface area contributed by atoms with Crippen molar-refractivity contribution in [3.8, 4) is 23.0 Å². The second kappa shape index (κ2) is 9.26. The molecule has 4 N–H and O–H groups in total. The summed E-state index contributed by atoms with van der Waals surface area (Å²) in [6.45, 7) is 2.20. The number of rotatable bonds is 7. The molecule has 1 unspecified atom stereocenters. The average Bonchev–Trinajstić information content (AvgIpc) is 2.77. The van der Waals surface area contributed by atoms with Crippen molar-refractivity contribution in [2.75, 3.05) is 11.5 Å². The van der Waals surface area contributed by atoms with Crippen LogP contribution < -0.4 is 20.9 Å². The predicted molar refractivity (Wildman–Crippen MR) is 127 cm³/mol. The quantitative estimate of drug-likeness (QED) is 0.329. The van der Waals surface area contributed by atoms with E-state index in [-0.39, 0.29) is 5.92 Å². The van der Waals surface area contributed by atoms with Crippen LogP contribution >= 0.6 is 0 Å². The van der Waals surface area contributed by atoms with E-state index in [0.717, 1.165) is 40.5 Å². The first-order valence-electron chi connectivity index (χ1n) is 10.3. The van der Waals surface area contributed by atoms with Crippen molar-refractivity contribution in [1.82, 2.24) is 0 Å². The Bertz CT molecular complexity index is 1160. The molecule has 31 heavy (non-hydrogen) atoms. The number of ether oxygens (including phenoxy) is 2. The maximum atomic E-state index is 6.16. The molecule has 0 saturated heterocycles. The number of nitrogen functional groups attached to an aromatic ring is 2. The molecule has 4 rings (SSSR count). The number of benzene rings is 4. The monoisotopic (exact) mass is 410 g/mol. The van der Waals surface area contributed by atoms with Gasteiger partial charge in [0.15, 0.2) is 0 Å². The van der Waals surface area contributed by atoms with Gasteiger partial charge in [-0.1, -0.05) is 49.4 Å². The van der Waals surface area contributed by atoms with Gasteiger partial charge in [-0.2, -0.15) is 0 Å². The standard InChI is InChI=1S/C27H26N2O2/c1-19(25-10-3-5-12-27(25)30-23-15-13-21(28)14-16-23)17-20-7-2-4-11-26(20)31-24-9-6-8-22(29)18-24/h2-16,18-19H,17,28-29H2,1H3. The van der Waals surface area contributed by atoms with E-state index in [1.165, 1.54) is 0 Å². The Balaban J connectivity index is 1.55. The fourth-order valence-corrected chi connectivity index (χ4v) is 3.56. The fraction of sp³-hybridized carbons (Fsp3) is 0.111. The Morgan fingerprint density at radius 1 is 0.645 bits per heavy atom. The average molecular weight is 411 g/mol. The van der Waals surface area contributed by atoms with Crippen molar-refractivity contribution in [3.05, 3.63) is 108 Å². The van der Waals surface area contributed by atoms with Gasteiger partial charge >= 0.3 is 0 Å². The molecule has 0 aliphatic carbocycles. The number of hydrogen-bond acceptors (Lipinski definition) is 4. The van der Waals surface area contributed by atoms with Gasteiger partial charge in [0.05, 0.1) is 0 Å². The number of nitrogens with two attached hydrogens (primary N) is 2. The minimum Gasteiger partial charge on any atom is -0.457 e. The van der Waals surface area contributed by atoms with Crippen molar-refractivity contribution >= 4 is 11.4 Å². The first-order valence-corrected chi connectivity index (χ1v) is 10.3. The fourth-order valence-electron chi connectivity index (χ4n) is 3.56. The zero-order valence-corrected chi connectivity index (χ0v) is 17.5. The normalized spacial score (nSPS) is 11.6. The highest BCUT2D eigenvalue weighted by molar-refractivity contribution is 5.48. The van der Waals surface area contributed by atoms with Crippen molar-refractivity contribution in [1.29, 1.82) is 0 Å². The van der Waals surface area contributed by atoms with Gasteiger partial charge in [-0.05, 0) is 72.0 Å². The molecule has 4 aromatic carbocycles. The van der Waals surface area contributed by atoms with Crippen LogP contribution in [0.5, 0.6) is 23.0 Å². The summed E-state index contributed by atoms with van der Waals surface area (Å²) in [4.78, 5) is 0. The zero-order valence-electron chi connectivity index (χ0n) is 17.5. The molecule has 4 nitrogen and oxygen atoms in total. The summed E-state index contributed by atoms with van der Waals surface area (Å²) < 4.78 is 12.3. The van der Waals surface area contributed by atoms with Gasteiger partial charge in [-0.3, -0.25) is 0 Å². The van der Waals surface area contributed by atoms with Crippen LogP contribution in [0, 0.1) is 0 Å². The van der Waals surface area contributed by atoms with E-state index in [0.29, 0.717) is 11.4 Å². The topological polar surface area (TPSA) is 70.5 Å². The lowest BCUT2D eigenvalue weighted by Gasteiger charge is -2.19. The molecule has 0 fully saturated rings. The van der Waals surface area contributed by atoms with Gasteiger partial charge in [-0.15, -0.1) is 0 Å². The van der Waals surface area contributed by atoms with Crippen LogP contribution in [0.2, 0.25) is 0 Å². The molecular weight excluding hydrogens is 384 g/mol. The summed E-state index contributed by atoms with van der Waals surface area (Å²) in [6, 6.07) is 31.1. The molecule has 0 amide bonds. The molecule has 0 aromatic heterocycles. The van der Waals surface area contributed by atoms with Crippen molar-refractivity contribution < 1.29 is 9.47 Å². The highest BCUT2D eigenvalue weighted by Crippen LogP contribution is 2.35. The lowest BCUT2D eigenvalue weighted by Crippen LogP contribution is -2.02. The number of para-hydroxylation sites is 2. The Morgan fingerprint density at radius 2 is 1.32 bits per heavy atom. The molecule has 1 atom stereocenters. The minimum atomic E-state index is 0.218. The number of anilines is 2. The van der Waals surface area contributed by atoms with E-state index in [4.69, 9.17) is 20.9 Å². The third kappa shape index (κ3) is 5.17. The SMILES string of the molecule is CC(Cc1ccccc1Oc1cccc(N)c1)c1ccccc1Oc1ccc(N)cc1. The van der Waals surface area contributed by atoms with Crippen LogP contribution in [0.3, 0.4) is 0 Å². The van der Waals surface area contributed by atoms with E-state index in [1.807, 2.05) is 84.9 Å². The van der Waals surface area contributed by atoms with Crippen LogP contribution in [0.4, 0.5) is 11.4 Å². The molecule has 0 heterocycles. The lowest BCUT2D eigenvalue weighted by atomic mass is 9.92. The molecule has 0 spiro atoms. The van der Waals surface area contributed by atoms with E-state index in [1.54, 1.807) is 0 Å². The van der Waals surface area contributed by atoms with Crippen LogP contribution in [-0.4, -0.2) is 0 Å². The maximum Gasteiger partial charge on any atom is 0.130 e. The smallest absolute Gasteiger partial charge is 0.130 e. The van der Waals surface area contributed by atoms with Crippen LogP contribution in [0.1, 0.15) is 24.0 Å². The van der Waals surface area contributed by atoms with Crippen molar-refractivity contribution in [3.63, 3.8) is 0 Å². The minimum absolute atomic E-state index is 0.218. The van der Waals surface area contributed by atoms with Gasteiger partial charge in [-0.25, -0.2) is 0 Å². The third-order valence-corrected chi connectivity index (χ3v) is 5.14. The van der Waals surface area contributed by atoms with E-state index >= 15 is 0 Å². The van der Waals surface area contributed by atoms with Crippen LogP contribution in [-0.2, 0) is 6.42 Å². The second-order valence-electron chi connectivity index (χ2n) is 7.60. The summed E-state index contributed by atoms with van der Waals surface area (Å²) in [6.07, 6.45) is 0.806. The van der Waals surface area contributed by atoms with Gasteiger partial charge in [0, 0.05) is 17.4 Å². The van der Waals surface area contributed by atoms with E-state index < -0.39 is 0 Å². The highest BCUT2D eigenvalue weighted by Gasteiger charge is 2.15. The molecule has 0 radical (unpaired) electrons. The first-order chi connectivity index (χ1) is 15.1. The molecule has 0 aliphatic rings. The van der Waals surface area contributed by atoms with Gasteiger partial charge in [0.2, 0.25) is 0 Å². The van der Waals surface area contributed by atoms with Crippen LogP contribution in [0.25, 0.3) is 0 Å². The Kier molecular flexibility index (Phi) is 6.08. The van der Waals surface area contributed by atoms with Gasteiger partial charge in [0.1, 0.15) is 23.0 Å². The summed E-state index contributed by atoms with van der Waals surface area (Å²) in [5.74, 6) is 3.38. The van der Waals surface area contributed by atoms with Gasteiger partial charge < -0.3 is 20.9 Å². The summed E-state index contributed by atoms with van der Waals surface area (Å²) in [5.41, 5.74) is 15.3. The number of hydrogen-bond donors (Lipinski definition) is 2. The zero-order chi connectivity index (χ0) is 21.6. The van der Waals surface area contributed by atoms with Crippen molar-refractivity contribution in [2.24, 2.45) is 0 Å². The largest absolute Gasteiger partial charge is 0.457 e. The van der Waals surface area contributed by atoms with Gasteiger partial charge in [0.25, 0.3) is 0 Å². The molecule has 4 heteroatoms. The summed E-state index contributed by atoms with van der Waals surface area (Å²) >= 11 is 0. The summed E-state index contributed by atoms with van der Waals surface area (Å²) in [5, 5.41) is 0.